The van der Waals surface area contributed by atoms with E-state index in [1.807, 2.05) is 69.0 Å². The van der Waals surface area contributed by atoms with Crippen LogP contribution in [0, 0.1) is 6.92 Å². The van der Waals surface area contributed by atoms with Crippen LogP contribution < -0.4 is 10.9 Å². The number of rotatable bonds is 2. The normalized spacial score (nSPS) is 14.6. The molecule has 162 valence electrons. The lowest BCUT2D eigenvalue weighted by Crippen LogP contribution is -2.34. The Morgan fingerprint density at radius 1 is 1.16 bits per heavy atom. The van der Waals surface area contributed by atoms with Crippen molar-refractivity contribution in [2.45, 2.75) is 39.7 Å². The van der Waals surface area contributed by atoms with E-state index in [9.17, 15) is 9.90 Å². The van der Waals surface area contributed by atoms with Gasteiger partial charge in [-0.2, -0.15) is 5.10 Å². The summed E-state index contributed by atoms with van der Waals surface area (Å²) in [6.07, 6.45) is 5.68. The largest absolute Gasteiger partial charge is 0.507 e. The summed E-state index contributed by atoms with van der Waals surface area (Å²) in [6, 6.07) is 7.66. The molecule has 0 saturated carbocycles. The molecule has 4 heterocycles. The number of pyridine rings is 2. The summed E-state index contributed by atoms with van der Waals surface area (Å²) < 4.78 is 3.58. The number of hydrogen-bond acceptors (Lipinski definition) is 5. The van der Waals surface area contributed by atoms with Crippen LogP contribution in [0.25, 0.3) is 33.1 Å². The zero-order chi connectivity index (χ0) is 22.1. The first kappa shape index (κ1) is 21.1. The maximum Gasteiger partial charge on any atom is 0.260 e. The van der Waals surface area contributed by atoms with Crippen molar-refractivity contribution >= 4 is 21.8 Å². The Hall–Kier alpha value is -3.19. The predicted molar refractivity (Wildman–Crippen MR) is 125 cm³/mol. The SMILES string of the molecule is CC.Cc1c(O)c(-c2ccc3c(=O)n(C4CCNCC4)ccc3n2)cc2cn(C)nc12. The summed E-state index contributed by atoms with van der Waals surface area (Å²) in [5.74, 6) is 0.172. The molecule has 1 aromatic carbocycles. The van der Waals surface area contributed by atoms with E-state index in [0.29, 0.717) is 22.2 Å². The average Bonchev–Trinajstić information content (AvgIpc) is 3.19. The Balaban J connectivity index is 0.00000112. The average molecular weight is 420 g/mol. The van der Waals surface area contributed by atoms with Gasteiger partial charge in [0.05, 0.1) is 22.1 Å². The van der Waals surface area contributed by atoms with Gasteiger partial charge in [0.15, 0.2) is 0 Å². The number of hydrogen-bond donors (Lipinski definition) is 2. The van der Waals surface area contributed by atoms with Crippen LogP contribution in [0.5, 0.6) is 5.75 Å². The fraction of sp³-hybridized carbons (Fsp3) is 0.375. The minimum absolute atomic E-state index is 0.00318. The molecular weight excluding hydrogens is 390 g/mol. The third-order valence-corrected chi connectivity index (χ3v) is 5.88. The number of phenolic OH excluding ortho intramolecular Hbond substituents is 1. The van der Waals surface area contributed by atoms with Crippen molar-refractivity contribution in [3.05, 3.63) is 52.6 Å². The van der Waals surface area contributed by atoms with Crippen molar-refractivity contribution < 1.29 is 5.11 Å². The number of nitrogens with zero attached hydrogens (tertiary/aromatic N) is 4. The summed E-state index contributed by atoms with van der Waals surface area (Å²) in [6.45, 7) is 7.72. The number of fused-ring (bicyclic) bond motifs is 2. The summed E-state index contributed by atoms with van der Waals surface area (Å²) in [5, 5.41) is 20.0. The van der Waals surface area contributed by atoms with Gasteiger partial charge >= 0.3 is 0 Å². The topological polar surface area (TPSA) is 85.0 Å². The number of aromatic nitrogens is 4. The van der Waals surface area contributed by atoms with Gasteiger partial charge in [0.1, 0.15) is 5.75 Å². The van der Waals surface area contributed by atoms with Crippen molar-refractivity contribution in [1.29, 1.82) is 0 Å². The molecule has 0 radical (unpaired) electrons. The molecule has 0 aliphatic carbocycles. The van der Waals surface area contributed by atoms with E-state index in [4.69, 9.17) is 4.98 Å². The zero-order valence-corrected chi connectivity index (χ0v) is 18.5. The number of benzene rings is 1. The predicted octanol–water partition coefficient (Wildman–Crippen LogP) is 3.91. The molecule has 7 nitrogen and oxygen atoms in total. The maximum absolute atomic E-state index is 13.0. The molecule has 4 aromatic rings. The highest BCUT2D eigenvalue weighted by Crippen LogP contribution is 2.36. The lowest BCUT2D eigenvalue weighted by molar-refractivity contribution is 0.362. The minimum atomic E-state index is -0.00318. The Bertz CT molecular complexity index is 1300. The van der Waals surface area contributed by atoms with Gasteiger partial charge in [0.25, 0.3) is 5.56 Å². The van der Waals surface area contributed by atoms with Crippen LogP contribution >= 0.6 is 0 Å². The highest BCUT2D eigenvalue weighted by molar-refractivity contribution is 5.91. The minimum Gasteiger partial charge on any atom is -0.507 e. The van der Waals surface area contributed by atoms with Gasteiger partial charge < -0.3 is 15.0 Å². The first-order valence-electron chi connectivity index (χ1n) is 10.9. The highest BCUT2D eigenvalue weighted by atomic mass is 16.3. The Labute approximate surface area is 181 Å². The summed E-state index contributed by atoms with van der Waals surface area (Å²) in [7, 11) is 1.86. The van der Waals surface area contributed by atoms with Gasteiger partial charge in [-0.1, -0.05) is 13.8 Å². The van der Waals surface area contributed by atoms with Crippen molar-refractivity contribution in [3.8, 4) is 17.0 Å². The maximum atomic E-state index is 13.0. The fourth-order valence-corrected chi connectivity index (χ4v) is 4.30. The van der Waals surface area contributed by atoms with Crippen LogP contribution in [-0.2, 0) is 7.05 Å². The van der Waals surface area contributed by atoms with E-state index in [2.05, 4.69) is 10.4 Å². The van der Waals surface area contributed by atoms with Gasteiger partial charge in [-0.15, -0.1) is 0 Å². The van der Waals surface area contributed by atoms with Crippen molar-refractivity contribution in [2.24, 2.45) is 7.05 Å². The fourth-order valence-electron chi connectivity index (χ4n) is 4.30. The second-order valence-electron chi connectivity index (χ2n) is 7.78. The van der Waals surface area contributed by atoms with Crippen LogP contribution in [0.2, 0.25) is 0 Å². The van der Waals surface area contributed by atoms with E-state index in [0.717, 1.165) is 42.4 Å². The Kier molecular flexibility index (Phi) is 5.78. The van der Waals surface area contributed by atoms with Gasteiger partial charge in [-0.3, -0.25) is 9.48 Å². The van der Waals surface area contributed by atoms with Crippen LogP contribution in [0.15, 0.2) is 41.5 Å². The van der Waals surface area contributed by atoms with E-state index >= 15 is 0 Å². The molecule has 0 unspecified atom stereocenters. The van der Waals surface area contributed by atoms with Crippen molar-refractivity contribution in [1.82, 2.24) is 24.6 Å². The van der Waals surface area contributed by atoms with Gasteiger partial charge in [0.2, 0.25) is 0 Å². The summed E-state index contributed by atoms with van der Waals surface area (Å²) in [4.78, 5) is 17.7. The second kappa shape index (κ2) is 8.51. The molecule has 0 spiro atoms. The van der Waals surface area contributed by atoms with Gasteiger partial charge in [-0.05, 0) is 57.1 Å². The molecular formula is C24H29N5O2. The first-order valence-corrected chi connectivity index (χ1v) is 10.9. The highest BCUT2D eigenvalue weighted by Gasteiger charge is 2.18. The van der Waals surface area contributed by atoms with Crippen LogP contribution in [0.1, 0.15) is 38.3 Å². The van der Waals surface area contributed by atoms with Gasteiger partial charge in [-0.25, -0.2) is 4.98 Å². The molecule has 5 rings (SSSR count). The molecule has 0 bridgehead atoms. The summed E-state index contributed by atoms with van der Waals surface area (Å²) in [5.41, 5.74) is 3.42. The number of aryl methyl sites for hydroxylation is 2. The quantitative estimate of drug-likeness (QED) is 0.514. The Morgan fingerprint density at radius 2 is 1.90 bits per heavy atom. The smallest absolute Gasteiger partial charge is 0.260 e. The molecule has 2 N–H and O–H groups in total. The summed E-state index contributed by atoms with van der Waals surface area (Å²) >= 11 is 0. The molecule has 1 aliphatic rings. The molecule has 7 heteroatoms. The molecule has 1 aliphatic heterocycles. The van der Waals surface area contributed by atoms with E-state index in [-0.39, 0.29) is 17.4 Å². The number of phenols is 1. The lowest BCUT2D eigenvalue weighted by atomic mass is 10.0. The van der Waals surface area contributed by atoms with E-state index in [1.54, 1.807) is 4.68 Å². The number of piperidine rings is 1. The second-order valence-corrected chi connectivity index (χ2v) is 7.78. The van der Waals surface area contributed by atoms with E-state index in [1.165, 1.54) is 0 Å². The lowest BCUT2D eigenvalue weighted by Gasteiger charge is -2.24. The third-order valence-electron chi connectivity index (χ3n) is 5.88. The molecule has 0 atom stereocenters. The van der Waals surface area contributed by atoms with Crippen LogP contribution in [-0.4, -0.2) is 37.5 Å². The molecule has 1 saturated heterocycles. The van der Waals surface area contributed by atoms with Crippen LogP contribution in [0.3, 0.4) is 0 Å². The number of nitrogens with one attached hydrogen (secondary N) is 1. The van der Waals surface area contributed by atoms with E-state index < -0.39 is 0 Å². The van der Waals surface area contributed by atoms with Crippen molar-refractivity contribution in [3.63, 3.8) is 0 Å². The molecule has 0 amide bonds. The van der Waals surface area contributed by atoms with Crippen LogP contribution in [0.4, 0.5) is 0 Å². The number of aromatic hydroxyl groups is 1. The van der Waals surface area contributed by atoms with Gasteiger partial charge in [0, 0.05) is 42.0 Å². The van der Waals surface area contributed by atoms with Crippen molar-refractivity contribution in [2.75, 3.05) is 13.1 Å². The molecule has 1 fully saturated rings. The standard InChI is InChI=1S/C22H23N5O2.C2H6/c1-13-20-14(12-26(2)25-20)11-17(21(13)28)18-4-3-16-19(24-18)7-10-27(22(16)29)15-5-8-23-9-6-15;1-2/h3-4,7,10-12,15,23,28H,5-6,8-9H2,1-2H3;1-2H3. The first-order chi connectivity index (χ1) is 15.0. The zero-order valence-electron chi connectivity index (χ0n) is 18.5. The molecule has 3 aromatic heterocycles. The Morgan fingerprint density at radius 3 is 2.65 bits per heavy atom. The monoisotopic (exact) mass is 419 g/mol. The molecule has 31 heavy (non-hydrogen) atoms. The third kappa shape index (κ3) is 3.70.